The fourth-order valence-electron chi connectivity index (χ4n) is 3.61. The van der Waals surface area contributed by atoms with Crippen molar-refractivity contribution in [1.29, 1.82) is 0 Å². The second kappa shape index (κ2) is 6.78. The van der Waals surface area contributed by atoms with Crippen molar-refractivity contribution in [3.05, 3.63) is 54.0 Å². The summed E-state index contributed by atoms with van der Waals surface area (Å²) in [7, 11) is 0. The molecule has 1 aliphatic heterocycles. The Bertz CT molecular complexity index is 729. The molecule has 2 aromatic rings. The molecule has 25 heavy (non-hydrogen) atoms. The van der Waals surface area contributed by atoms with Gasteiger partial charge in [0.2, 0.25) is 5.91 Å². The summed E-state index contributed by atoms with van der Waals surface area (Å²) in [5.74, 6) is 1.11. The quantitative estimate of drug-likeness (QED) is 0.930. The number of likely N-dealkylation sites (tertiary alicyclic amines) is 1. The van der Waals surface area contributed by atoms with Crippen molar-refractivity contribution in [1.82, 2.24) is 15.1 Å². The Morgan fingerprint density at radius 2 is 1.92 bits per heavy atom. The first kappa shape index (κ1) is 16.0. The fraction of sp³-hybridized carbons (Fsp3) is 0.421. The molecule has 1 saturated carbocycles. The lowest BCUT2D eigenvalue weighted by atomic mass is 10.0. The zero-order valence-corrected chi connectivity index (χ0v) is 13.9. The predicted octanol–water partition coefficient (Wildman–Crippen LogP) is 2.82. The van der Waals surface area contributed by atoms with Crippen LogP contribution in [0.25, 0.3) is 0 Å². The molecule has 1 aliphatic carbocycles. The number of rotatable bonds is 4. The molecule has 6 heteroatoms. The Labute approximate surface area is 146 Å². The maximum Gasteiger partial charge on any atom is 0.226 e. The van der Waals surface area contributed by atoms with Crippen molar-refractivity contribution in [3.8, 4) is 0 Å². The van der Waals surface area contributed by atoms with Gasteiger partial charge in [0.15, 0.2) is 0 Å². The van der Waals surface area contributed by atoms with Crippen LogP contribution < -0.4 is 5.32 Å². The van der Waals surface area contributed by atoms with Crippen molar-refractivity contribution in [2.75, 3.05) is 18.4 Å². The third-order valence-electron chi connectivity index (χ3n) is 5.14. The number of hydrogen-bond donors (Lipinski definition) is 1. The largest absolute Gasteiger partial charge is 0.366 e. The summed E-state index contributed by atoms with van der Waals surface area (Å²) in [5.41, 5.74) is 1.07. The predicted molar refractivity (Wildman–Crippen MR) is 92.5 cm³/mol. The molecule has 1 N–H and O–H groups in total. The lowest BCUT2D eigenvalue weighted by Gasteiger charge is -2.32. The number of nitrogens with zero attached hydrogens (tertiary/aromatic N) is 3. The van der Waals surface area contributed by atoms with E-state index < -0.39 is 0 Å². The Morgan fingerprint density at radius 3 is 2.60 bits per heavy atom. The van der Waals surface area contributed by atoms with E-state index in [-0.39, 0.29) is 23.6 Å². The fourth-order valence-corrected chi connectivity index (χ4v) is 3.61. The van der Waals surface area contributed by atoms with Gasteiger partial charge in [0.25, 0.3) is 0 Å². The molecule has 0 unspecified atom stereocenters. The first-order chi connectivity index (χ1) is 12.2. The van der Waals surface area contributed by atoms with Crippen LogP contribution in [0.3, 0.4) is 0 Å². The molecule has 0 spiro atoms. The lowest BCUT2D eigenvalue weighted by molar-refractivity contribution is -0.133. The van der Waals surface area contributed by atoms with E-state index >= 15 is 0 Å². The van der Waals surface area contributed by atoms with Crippen LogP contribution in [0.1, 0.15) is 30.7 Å². The number of benzene rings is 1. The van der Waals surface area contributed by atoms with Crippen LogP contribution in [0, 0.1) is 11.7 Å². The van der Waals surface area contributed by atoms with Crippen LogP contribution in [0.4, 0.5) is 10.2 Å². The molecular formula is C19H21FN4O. The van der Waals surface area contributed by atoms with Gasteiger partial charge in [-0.3, -0.25) is 4.79 Å². The highest BCUT2D eigenvalue weighted by Crippen LogP contribution is 2.48. The van der Waals surface area contributed by atoms with Gasteiger partial charge in [-0.2, -0.15) is 5.10 Å². The SMILES string of the molecule is O=C([C@@H]1C[C@H]1c1ccc(F)cc1)N1CCC(Nc2cccnn2)CC1. The molecule has 1 aromatic heterocycles. The number of piperidine rings is 1. The zero-order chi connectivity index (χ0) is 17.2. The third kappa shape index (κ3) is 3.62. The number of carbonyl (C=O) groups excluding carboxylic acids is 1. The third-order valence-corrected chi connectivity index (χ3v) is 5.14. The highest BCUT2D eigenvalue weighted by molar-refractivity contribution is 5.83. The summed E-state index contributed by atoms with van der Waals surface area (Å²) in [4.78, 5) is 14.7. The van der Waals surface area contributed by atoms with Gasteiger partial charge in [-0.05, 0) is 55.0 Å². The zero-order valence-electron chi connectivity index (χ0n) is 13.9. The molecule has 2 aliphatic rings. The smallest absolute Gasteiger partial charge is 0.226 e. The molecule has 1 saturated heterocycles. The average molecular weight is 340 g/mol. The minimum atomic E-state index is -0.232. The van der Waals surface area contributed by atoms with Crippen LogP contribution >= 0.6 is 0 Å². The molecule has 1 aromatic carbocycles. The number of amides is 1. The number of carbonyl (C=O) groups is 1. The van der Waals surface area contributed by atoms with Crippen LogP contribution in [0.15, 0.2) is 42.6 Å². The maximum absolute atomic E-state index is 13.0. The standard InChI is InChI=1S/C19H21FN4O/c20-14-5-3-13(4-6-14)16-12-17(16)19(25)24-10-7-15(8-11-24)22-18-2-1-9-21-23-18/h1-6,9,15-17H,7-8,10-12H2,(H,22,23)/t16-,17+/m0/s1. The van der Waals surface area contributed by atoms with Crippen LogP contribution in [-0.4, -0.2) is 40.1 Å². The van der Waals surface area contributed by atoms with Gasteiger partial charge in [0.05, 0.1) is 0 Å². The highest BCUT2D eigenvalue weighted by Gasteiger charge is 2.46. The van der Waals surface area contributed by atoms with Crippen molar-refractivity contribution in [2.24, 2.45) is 5.92 Å². The second-order valence-corrected chi connectivity index (χ2v) is 6.85. The first-order valence-corrected chi connectivity index (χ1v) is 8.79. The van der Waals surface area contributed by atoms with Crippen molar-refractivity contribution in [3.63, 3.8) is 0 Å². The van der Waals surface area contributed by atoms with Crippen LogP contribution in [0.5, 0.6) is 0 Å². The molecule has 130 valence electrons. The number of aromatic nitrogens is 2. The van der Waals surface area contributed by atoms with Crippen molar-refractivity contribution < 1.29 is 9.18 Å². The lowest BCUT2D eigenvalue weighted by Crippen LogP contribution is -2.43. The topological polar surface area (TPSA) is 58.1 Å². The molecule has 2 heterocycles. The maximum atomic E-state index is 13.0. The Morgan fingerprint density at radius 1 is 1.16 bits per heavy atom. The van der Waals surface area contributed by atoms with Crippen molar-refractivity contribution >= 4 is 11.7 Å². The van der Waals surface area contributed by atoms with E-state index in [1.807, 2.05) is 17.0 Å². The summed E-state index contributed by atoms with van der Waals surface area (Å²) in [6, 6.07) is 10.6. The van der Waals surface area contributed by atoms with E-state index in [1.54, 1.807) is 18.3 Å². The van der Waals surface area contributed by atoms with E-state index in [0.29, 0.717) is 6.04 Å². The van der Waals surface area contributed by atoms with E-state index in [4.69, 9.17) is 0 Å². The van der Waals surface area contributed by atoms with Crippen LogP contribution in [-0.2, 0) is 4.79 Å². The monoisotopic (exact) mass is 340 g/mol. The number of nitrogens with one attached hydrogen (secondary N) is 1. The highest BCUT2D eigenvalue weighted by atomic mass is 19.1. The van der Waals surface area contributed by atoms with E-state index in [9.17, 15) is 9.18 Å². The van der Waals surface area contributed by atoms with E-state index in [2.05, 4.69) is 15.5 Å². The molecular weight excluding hydrogens is 319 g/mol. The summed E-state index contributed by atoms with van der Waals surface area (Å²) in [6.45, 7) is 1.53. The number of anilines is 1. The van der Waals surface area contributed by atoms with Gasteiger partial charge in [-0.1, -0.05) is 12.1 Å². The normalized spacial score (nSPS) is 23.3. The van der Waals surface area contributed by atoms with Gasteiger partial charge in [0.1, 0.15) is 11.6 Å². The number of halogens is 1. The summed E-state index contributed by atoms with van der Waals surface area (Å²) in [6.07, 6.45) is 4.36. The number of hydrogen-bond acceptors (Lipinski definition) is 4. The minimum absolute atomic E-state index is 0.0648. The summed E-state index contributed by atoms with van der Waals surface area (Å²) < 4.78 is 13.0. The van der Waals surface area contributed by atoms with Gasteiger partial charge in [-0.25, -0.2) is 4.39 Å². The van der Waals surface area contributed by atoms with Gasteiger partial charge < -0.3 is 10.2 Å². The second-order valence-electron chi connectivity index (χ2n) is 6.85. The van der Waals surface area contributed by atoms with Crippen LogP contribution in [0.2, 0.25) is 0 Å². The van der Waals surface area contributed by atoms with Gasteiger partial charge >= 0.3 is 0 Å². The summed E-state index contributed by atoms with van der Waals surface area (Å²) in [5, 5.41) is 11.3. The molecule has 1 amide bonds. The molecule has 2 atom stereocenters. The molecule has 4 rings (SSSR count). The minimum Gasteiger partial charge on any atom is -0.366 e. The van der Waals surface area contributed by atoms with Gasteiger partial charge in [-0.15, -0.1) is 5.10 Å². The average Bonchev–Trinajstić information content (AvgIpc) is 3.44. The molecule has 2 fully saturated rings. The first-order valence-electron chi connectivity index (χ1n) is 8.79. The molecule has 0 bridgehead atoms. The van der Waals surface area contributed by atoms with E-state index in [1.165, 1.54) is 12.1 Å². The molecule has 0 radical (unpaired) electrons. The molecule has 5 nitrogen and oxygen atoms in total. The van der Waals surface area contributed by atoms with Gasteiger partial charge in [0, 0.05) is 31.2 Å². The Hall–Kier alpha value is -2.50. The van der Waals surface area contributed by atoms with E-state index in [0.717, 1.165) is 43.7 Å². The Kier molecular flexibility index (Phi) is 4.34. The van der Waals surface area contributed by atoms with Crippen molar-refractivity contribution in [2.45, 2.75) is 31.2 Å². The Balaban J connectivity index is 1.28. The summed E-state index contributed by atoms with van der Waals surface area (Å²) >= 11 is 0.